The van der Waals surface area contributed by atoms with Crippen molar-refractivity contribution in [3.8, 4) is 0 Å². The van der Waals surface area contributed by atoms with Crippen molar-refractivity contribution < 1.29 is 4.79 Å². The minimum atomic E-state index is -0.241. The second-order valence-electron chi connectivity index (χ2n) is 4.50. The van der Waals surface area contributed by atoms with Crippen LogP contribution in [0.4, 0.5) is 5.69 Å². The second-order valence-corrected chi connectivity index (χ2v) is 6.15. The van der Waals surface area contributed by atoms with Gasteiger partial charge in [0, 0.05) is 21.4 Å². The summed E-state index contributed by atoms with van der Waals surface area (Å²) in [6.45, 7) is 2.05. The number of halogens is 3. The lowest BCUT2D eigenvalue weighted by Crippen LogP contribution is -2.12. The molecule has 1 heterocycles. The lowest BCUT2D eigenvalue weighted by atomic mass is 10.1. The van der Waals surface area contributed by atoms with Crippen molar-refractivity contribution in [1.82, 2.24) is 4.98 Å². The maximum absolute atomic E-state index is 12.3. The zero-order chi connectivity index (χ0) is 15.4. The summed E-state index contributed by atoms with van der Waals surface area (Å²) in [6, 6.07) is 8.53. The monoisotopic (exact) mass is 386 g/mol. The lowest BCUT2D eigenvalue weighted by molar-refractivity contribution is 0.102. The van der Waals surface area contributed by atoms with Crippen LogP contribution in [0.15, 0.2) is 34.8 Å². The van der Waals surface area contributed by atoms with Crippen molar-refractivity contribution in [1.29, 1.82) is 0 Å². The zero-order valence-corrected chi connectivity index (χ0v) is 14.4. The third kappa shape index (κ3) is 4.43. The molecule has 110 valence electrons. The van der Waals surface area contributed by atoms with Gasteiger partial charge in [-0.3, -0.25) is 4.79 Å². The fraction of sp³-hybridized carbons (Fsp3) is 0.200. The highest BCUT2D eigenvalue weighted by Crippen LogP contribution is 2.26. The first-order valence-electron chi connectivity index (χ1n) is 6.42. The second kappa shape index (κ2) is 7.25. The van der Waals surface area contributed by atoms with Gasteiger partial charge >= 0.3 is 0 Å². The number of hydrogen-bond donors (Lipinski definition) is 1. The third-order valence-corrected chi connectivity index (χ3v) is 4.22. The SMILES string of the molecule is CCCc1cc(C(=O)Nc2ccc(Br)c(Cl)c2)cc(Cl)n1. The summed E-state index contributed by atoms with van der Waals surface area (Å²) in [7, 11) is 0. The molecule has 21 heavy (non-hydrogen) atoms. The van der Waals surface area contributed by atoms with Crippen molar-refractivity contribution in [2.75, 3.05) is 5.32 Å². The van der Waals surface area contributed by atoms with Gasteiger partial charge in [0.25, 0.3) is 5.91 Å². The van der Waals surface area contributed by atoms with E-state index in [1.165, 1.54) is 0 Å². The van der Waals surface area contributed by atoms with Crippen LogP contribution in [0.2, 0.25) is 10.2 Å². The Bertz CT molecular complexity index is 677. The normalized spacial score (nSPS) is 10.5. The molecule has 1 N–H and O–H groups in total. The maximum atomic E-state index is 12.3. The Hall–Kier alpha value is -1.10. The highest BCUT2D eigenvalue weighted by Gasteiger charge is 2.10. The molecule has 0 unspecified atom stereocenters. The van der Waals surface area contributed by atoms with E-state index in [0.29, 0.717) is 21.4 Å². The number of nitrogens with zero attached hydrogens (tertiary/aromatic N) is 1. The van der Waals surface area contributed by atoms with Gasteiger partial charge in [-0.05, 0) is 52.7 Å². The van der Waals surface area contributed by atoms with Crippen LogP contribution in [0, 0.1) is 0 Å². The molecule has 0 spiro atoms. The van der Waals surface area contributed by atoms with Crippen molar-refractivity contribution >= 4 is 50.7 Å². The minimum Gasteiger partial charge on any atom is -0.322 e. The Morgan fingerprint density at radius 1 is 1.29 bits per heavy atom. The van der Waals surface area contributed by atoms with Crippen LogP contribution in [0.3, 0.4) is 0 Å². The molecule has 0 saturated heterocycles. The summed E-state index contributed by atoms with van der Waals surface area (Å²) >= 11 is 15.3. The van der Waals surface area contributed by atoms with Gasteiger partial charge in [0.1, 0.15) is 5.15 Å². The number of aromatic nitrogens is 1. The van der Waals surface area contributed by atoms with E-state index >= 15 is 0 Å². The number of rotatable bonds is 4. The first-order valence-corrected chi connectivity index (χ1v) is 7.97. The molecule has 1 amide bonds. The van der Waals surface area contributed by atoms with Gasteiger partial charge in [0.15, 0.2) is 0 Å². The first kappa shape index (κ1) is 16.3. The van der Waals surface area contributed by atoms with Crippen LogP contribution in [-0.2, 0) is 6.42 Å². The summed E-state index contributed by atoms with van der Waals surface area (Å²) in [4.78, 5) is 16.5. The number of carbonyl (C=O) groups excluding carboxylic acids is 1. The van der Waals surface area contributed by atoms with E-state index in [2.05, 4.69) is 26.2 Å². The quantitative estimate of drug-likeness (QED) is 0.717. The van der Waals surface area contributed by atoms with Crippen molar-refractivity contribution in [2.24, 2.45) is 0 Å². The summed E-state index contributed by atoms with van der Waals surface area (Å²) in [5.41, 5.74) is 1.92. The average Bonchev–Trinajstić information content (AvgIpc) is 2.42. The summed E-state index contributed by atoms with van der Waals surface area (Å²) in [5.74, 6) is -0.241. The molecule has 0 radical (unpaired) electrons. The summed E-state index contributed by atoms with van der Waals surface area (Å²) in [6.07, 6.45) is 1.72. The molecule has 2 aromatic rings. The van der Waals surface area contributed by atoms with E-state index in [4.69, 9.17) is 23.2 Å². The predicted molar refractivity (Wildman–Crippen MR) is 90.3 cm³/mol. The minimum absolute atomic E-state index is 0.241. The highest BCUT2D eigenvalue weighted by molar-refractivity contribution is 9.10. The number of aryl methyl sites for hydroxylation is 1. The highest BCUT2D eigenvalue weighted by atomic mass is 79.9. The molecule has 2 rings (SSSR count). The number of benzene rings is 1. The number of amides is 1. The van der Waals surface area contributed by atoms with E-state index in [9.17, 15) is 4.79 Å². The van der Waals surface area contributed by atoms with Crippen molar-refractivity contribution in [3.05, 3.63) is 56.2 Å². The van der Waals surface area contributed by atoms with Crippen LogP contribution in [-0.4, -0.2) is 10.9 Å². The van der Waals surface area contributed by atoms with E-state index in [1.54, 1.807) is 30.3 Å². The van der Waals surface area contributed by atoms with Crippen LogP contribution in [0.5, 0.6) is 0 Å². The average molecular weight is 388 g/mol. The topological polar surface area (TPSA) is 42.0 Å². The first-order chi connectivity index (χ1) is 9.99. The zero-order valence-electron chi connectivity index (χ0n) is 11.3. The number of carbonyl (C=O) groups is 1. The standard InChI is InChI=1S/C15H13BrCl2N2O/c1-2-3-10-6-9(7-14(18)19-10)15(21)20-11-4-5-12(16)13(17)8-11/h4-8H,2-3H2,1H3,(H,20,21). The van der Waals surface area contributed by atoms with Gasteiger partial charge in [-0.15, -0.1) is 0 Å². The van der Waals surface area contributed by atoms with Gasteiger partial charge in [0.2, 0.25) is 0 Å². The van der Waals surface area contributed by atoms with Crippen LogP contribution >= 0.6 is 39.1 Å². The van der Waals surface area contributed by atoms with Gasteiger partial charge in [0.05, 0.1) is 5.02 Å². The third-order valence-electron chi connectivity index (χ3n) is 2.79. The van der Waals surface area contributed by atoms with Crippen molar-refractivity contribution in [3.63, 3.8) is 0 Å². The van der Waals surface area contributed by atoms with Crippen molar-refractivity contribution in [2.45, 2.75) is 19.8 Å². The molecule has 1 aromatic carbocycles. The number of pyridine rings is 1. The van der Waals surface area contributed by atoms with E-state index in [1.807, 2.05) is 6.92 Å². The summed E-state index contributed by atoms with van der Waals surface area (Å²) in [5, 5.41) is 3.65. The molecule has 0 aliphatic heterocycles. The molecular formula is C15H13BrCl2N2O. The van der Waals surface area contributed by atoms with Gasteiger partial charge in [-0.1, -0.05) is 36.5 Å². The Morgan fingerprint density at radius 2 is 2.05 bits per heavy atom. The molecule has 0 aliphatic rings. The maximum Gasteiger partial charge on any atom is 0.255 e. The van der Waals surface area contributed by atoms with Gasteiger partial charge in [-0.2, -0.15) is 0 Å². The number of hydrogen-bond acceptors (Lipinski definition) is 2. The Labute approximate surface area is 141 Å². The Morgan fingerprint density at radius 3 is 2.71 bits per heavy atom. The number of nitrogens with one attached hydrogen (secondary N) is 1. The van der Waals surface area contributed by atoms with E-state index < -0.39 is 0 Å². The predicted octanol–water partition coefficient (Wildman–Crippen LogP) is 5.36. The largest absolute Gasteiger partial charge is 0.322 e. The molecule has 0 aliphatic carbocycles. The Balaban J connectivity index is 2.21. The molecule has 0 fully saturated rings. The van der Waals surface area contributed by atoms with Gasteiger partial charge in [-0.25, -0.2) is 4.98 Å². The molecule has 1 aromatic heterocycles. The molecule has 3 nitrogen and oxygen atoms in total. The smallest absolute Gasteiger partial charge is 0.255 e. The van der Waals surface area contributed by atoms with Crippen LogP contribution < -0.4 is 5.32 Å². The molecular weight excluding hydrogens is 375 g/mol. The Kier molecular flexibility index (Phi) is 5.62. The van der Waals surface area contributed by atoms with Gasteiger partial charge < -0.3 is 5.32 Å². The number of anilines is 1. The fourth-order valence-corrected chi connectivity index (χ4v) is 2.50. The van der Waals surface area contributed by atoms with E-state index in [-0.39, 0.29) is 5.91 Å². The van der Waals surface area contributed by atoms with Crippen LogP contribution in [0.25, 0.3) is 0 Å². The molecule has 6 heteroatoms. The van der Waals surface area contributed by atoms with E-state index in [0.717, 1.165) is 23.0 Å². The molecule has 0 saturated carbocycles. The lowest BCUT2D eigenvalue weighted by Gasteiger charge is -2.08. The fourth-order valence-electron chi connectivity index (χ4n) is 1.84. The summed E-state index contributed by atoms with van der Waals surface area (Å²) < 4.78 is 0.777. The molecule has 0 atom stereocenters. The molecule has 0 bridgehead atoms. The van der Waals surface area contributed by atoms with Crippen LogP contribution in [0.1, 0.15) is 29.4 Å².